The molecule has 8 nitrogen and oxygen atoms in total. The number of hydrogen-bond acceptors (Lipinski definition) is 6. The summed E-state index contributed by atoms with van der Waals surface area (Å²) >= 11 is 3.26. The highest BCUT2D eigenvalue weighted by Gasteiger charge is 2.15. The van der Waals surface area contributed by atoms with Crippen molar-refractivity contribution in [1.82, 2.24) is 24.7 Å². The summed E-state index contributed by atoms with van der Waals surface area (Å²) < 4.78 is 29.2. The van der Waals surface area contributed by atoms with Crippen LogP contribution in [0, 0.1) is 0 Å². The summed E-state index contributed by atoms with van der Waals surface area (Å²) in [6, 6.07) is 7.74. The highest BCUT2D eigenvalue weighted by atomic mass is 79.9. The Balaban J connectivity index is 1.89. The van der Waals surface area contributed by atoms with Gasteiger partial charge in [0.05, 0.1) is 4.90 Å². The van der Waals surface area contributed by atoms with Crippen LogP contribution in [0.25, 0.3) is 5.82 Å². The van der Waals surface area contributed by atoms with Crippen molar-refractivity contribution in [3.05, 3.63) is 53.8 Å². The molecule has 0 radical (unpaired) electrons. The summed E-state index contributed by atoms with van der Waals surface area (Å²) in [6.07, 6.45) is 4.06. The van der Waals surface area contributed by atoms with Crippen LogP contribution in [0.15, 0.2) is 58.7 Å². The minimum atomic E-state index is -3.72. The van der Waals surface area contributed by atoms with Gasteiger partial charge in [-0.05, 0) is 24.3 Å². The molecule has 0 saturated heterocycles. The first-order valence-corrected chi connectivity index (χ1v) is 8.28. The molecule has 3 aromatic rings. The van der Waals surface area contributed by atoms with E-state index in [0.29, 0.717) is 5.82 Å². The number of rotatable bonds is 4. The van der Waals surface area contributed by atoms with E-state index in [1.807, 2.05) is 0 Å². The summed E-state index contributed by atoms with van der Waals surface area (Å²) in [5.41, 5.74) is 0. The van der Waals surface area contributed by atoms with Gasteiger partial charge in [0.15, 0.2) is 5.82 Å². The number of nitrogens with zero attached hydrogens (tertiary/aromatic N) is 5. The summed E-state index contributed by atoms with van der Waals surface area (Å²) in [4.78, 5) is 11.9. The Morgan fingerprint density at radius 3 is 2.55 bits per heavy atom. The normalized spacial score (nSPS) is 11.3. The predicted molar refractivity (Wildman–Crippen MR) is 81.9 cm³/mol. The van der Waals surface area contributed by atoms with Gasteiger partial charge in [-0.1, -0.05) is 15.9 Å². The second kappa shape index (κ2) is 5.81. The summed E-state index contributed by atoms with van der Waals surface area (Å²) in [5, 5.41) is 3.92. The van der Waals surface area contributed by atoms with Crippen LogP contribution in [0.2, 0.25) is 0 Å². The van der Waals surface area contributed by atoms with E-state index in [4.69, 9.17) is 0 Å². The van der Waals surface area contributed by atoms with Gasteiger partial charge in [0.2, 0.25) is 0 Å². The van der Waals surface area contributed by atoms with Crippen LogP contribution in [0.5, 0.6) is 0 Å². The topological polar surface area (TPSA) is 103 Å². The Morgan fingerprint density at radius 1 is 1.09 bits per heavy atom. The molecule has 2 heterocycles. The molecule has 112 valence electrons. The molecule has 0 spiro atoms. The lowest BCUT2D eigenvalue weighted by atomic mass is 10.4. The van der Waals surface area contributed by atoms with Crippen LogP contribution in [0.4, 0.5) is 5.82 Å². The number of benzene rings is 1. The van der Waals surface area contributed by atoms with E-state index >= 15 is 0 Å². The molecule has 1 N–H and O–H groups in total. The van der Waals surface area contributed by atoms with Gasteiger partial charge in [-0.3, -0.25) is 4.72 Å². The predicted octanol–water partition coefficient (Wildman–Crippen LogP) is 1.62. The second-order valence-electron chi connectivity index (χ2n) is 4.16. The van der Waals surface area contributed by atoms with Crippen LogP contribution < -0.4 is 4.72 Å². The van der Waals surface area contributed by atoms with Crippen LogP contribution in [-0.2, 0) is 10.0 Å². The number of anilines is 1. The van der Waals surface area contributed by atoms with Gasteiger partial charge in [0, 0.05) is 10.5 Å². The van der Waals surface area contributed by atoms with Crippen molar-refractivity contribution in [2.24, 2.45) is 0 Å². The van der Waals surface area contributed by atoms with Crippen LogP contribution in [0.3, 0.4) is 0 Å². The van der Waals surface area contributed by atoms with Crippen molar-refractivity contribution >= 4 is 31.8 Å². The Labute approximate surface area is 134 Å². The van der Waals surface area contributed by atoms with Crippen molar-refractivity contribution in [1.29, 1.82) is 0 Å². The SMILES string of the molecule is O=S(=O)(Nc1cc(-n2cncn2)ncn1)c1ccc(Br)cc1. The zero-order valence-electron chi connectivity index (χ0n) is 11.0. The van der Waals surface area contributed by atoms with Crippen molar-refractivity contribution in [2.75, 3.05) is 4.72 Å². The van der Waals surface area contributed by atoms with Gasteiger partial charge in [-0.25, -0.2) is 28.1 Å². The van der Waals surface area contributed by atoms with E-state index in [0.717, 1.165) is 4.47 Å². The van der Waals surface area contributed by atoms with E-state index < -0.39 is 10.0 Å². The van der Waals surface area contributed by atoms with Crippen molar-refractivity contribution in [2.45, 2.75) is 4.90 Å². The first-order valence-electron chi connectivity index (χ1n) is 6.00. The van der Waals surface area contributed by atoms with Gasteiger partial charge in [-0.15, -0.1) is 0 Å². The highest BCUT2D eigenvalue weighted by Crippen LogP contribution is 2.18. The van der Waals surface area contributed by atoms with Crippen molar-refractivity contribution in [3.8, 4) is 5.82 Å². The zero-order chi connectivity index (χ0) is 15.6. The second-order valence-corrected chi connectivity index (χ2v) is 6.76. The van der Waals surface area contributed by atoms with Gasteiger partial charge < -0.3 is 0 Å². The molecule has 0 aliphatic heterocycles. The zero-order valence-corrected chi connectivity index (χ0v) is 13.4. The van der Waals surface area contributed by atoms with Crippen LogP contribution in [0.1, 0.15) is 0 Å². The molecule has 0 amide bonds. The average Bonchev–Trinajstić information content (AvgIpc) is 3.02. The highest BCUT2D eigenvalue weighted by molar-refractivity contribution is 9.10. The summed E-state index contributed by atoms with van der Waals surface area (Å²) in [6.45, 7) is 0. The number of halogens is 1. The molecule has 0 aliphatic rings. The Morgan fingerprint density at radius 2 is 1.86 bits per heavy atom. The Bertz CT molecular complexity index is 880. The molecular formula is C12H9BrN6O2S. The fourth-order valence-electron chi connectivity index (χ4n) is 1.67. The van der Waals surface area contributed by atoms with Gasteiger partial charge >= 0.3 is 0 Å². The molecular weight excluding hydrogens is 372 g/mol. The molecule has 10 heteroatoms. The number of sulfonamides is 1. The maximum Gasteiger partial charge on any atom is 0.263 e. The lowest BCUT2D eigenvalue weighted by molar-refractivity contribution is 0.601. The third kappa shape index (κ3) is 3.12. The molecule has 0 atom stereocenters. The van der Waals surface area contributed by atoms with Crippen LogP contribution >= 0.6 is 15.9 Å². The summed E-state index contributed by atoms with van der Waals surface area (Å²) in [7, 11) is -3.72. The van der Waals surface area contributed by atoms with Gasteiger partial charge in [-0.2, -0.15) is 5.10 Å². The molecule has 0 aliphatic carbocycles. The Hall–Kier alpha value is -2.33. The maximum absolute atomic E-state index is 12.3. The molecule has 0 saturated carbocycles. The van der Waals surface area contributed by atoms with Crippen molar-refractivity contribution in [3.63, 3.8) is 0 Å². The van der Waals surface area contributed by atoms with Gasteiger partial charge in [0.25, 0.3) is 10.0 Å². The van der Waals surface area contributed by atoms with Gasteiger partial charge in [0.1, 0.15) is 24.8 Å². The lowest BCUT2D eigenvalue weighted by Crippen LogP contribution is -2.14. The molecule has 0 fully saturated rings. The average molecular weight is 381 g/mol. The van der Waals surface area contributed by atoms with Crippen LogP contribution in [-0.4, -0.2) is 33.2 Å². The molecule has 22 heavy (non-hydrogen) atoms. The van der Waals surface area contributed by atoms with E-state index in [1.54, 1.807) is 12.1 Å². The third-order valence-corrected chi connectivity index (χ3v) is 4.57. The number of hydrogen-bond donors (Lipinski definition) is 1. The minimum absolute atomic E-state index is 0.136. The number of nitrogens with one attached hydrogen (secondary N) is 1. The van der Waals surface area contributed by atoms with E-state index in [2.05, 4.69) is 40.7 Å². The molecule has 1 aromatic carbocycles. The molecule has 2 aromatic heterocycles. The Kier molecular flexibility index (Phi) is 3.86. The maximum atomic E-state index is 12.3. The summed E-state index contributed by atoms with van der Waals surface area (Å²) in [5.74, 6) is 0.546. The monoisotopic (exact) mass is 380 g/mol. The largest absolute Gasteiger partial charge is 0.263 e. The van der Waals surface area contributed by atoms with E-state index in [1.165, 1.54) is 41.9 Å². The third-order valence-electron chi connectivity index (χ3n) is 2.67. The first-order chi connectivity index (χ1) is 10.5. The molecule has 0 bridgehead atoms. The number of aromatic nitrogens is 5. The standard InChI is InChI=1S/C12H9BrN6O2S/c13-9-1-3-10(4-2-9)22(20,21)18-11-5-12(16-7-15-11)19-8-14-6-17-19/h1-8H,(H,15,16,18). The fourth-order valence-corrected chi connectivity index (χ4v) is 2.93. The minimum Gasteiger partial charge on any atom is -0.263 e. The van der Waals surface area contributed by atoms with Crippen molar-refractivity contribution < 1.29 is 8.42 Å². The molecule has 3 rings (SSSR count). The molecule has 0 unspecified atom stereocenters. The lowest BCUT2D eigenvalue weighted by Gasteiger charge is -2.08. The quantitative estimate of drug-likeness (QED) is 0.737. The smallest absolute Gasteiger partial charge is 0.263 e. The fraction of sp³-hybridized carbons (Fsp3) is 0. The van der Waals surface area contributed by atoms with E-state index in [-0.39, 0.29) is 10.7 Å². The van der Waals surface area contributed by atoms with E-state index in [9.17, 15) is 8.42 Å². The first kappa shape index (κ1) is 14.6.